The Kier molecular flexibility index (Phi) is 6.76. The number of carbonyl (C=O) groups excluding carboxylic acids is 1. The molecule has 1 saturated carbocycles. The topological polar surface area (TPSA) is 84.8 Å². The van der Waals surface area contributed by atoms with Gasteiger partial charge in [-0.15, -0.1) is 0 Å². The van der Waals surface area contributed by atoms with Crippen LogP contribution in [0.3, 0.4) is 0 Å². The molecule has 28 heavy (non-hydrogen) atoms. The summed E-state index contributed by atoms with van der Waals surface area (Å²) in [5.74, 6) is 0.841. The van der Waals surface area contributed by atoms with Crippen LogP contribution in [0.2, 0.25) is 0 Å². The number of benzene rings is 1. The maximum Gasteiger partial charge on any atom is 0.291 e. The Morgan fingerprint density at radius 1 is 1.07 bits per heavy atom. The molecule has 1 fully saturated rings. The van der Waals surface area contributed by atoms with Crippen LogP contribution in [0.25, 0.3) is 0 Å². The second kappa shape index (κ2) is 9.45. The summed E-state index contributed by atoms with van der Waals surface area (Å²) >= 11 is 5.46. The molecule has 1 aromatic carbocycles. The van der Waals surface area contributed by atoms with Crippen LogP contribution in [0.4, 0.5) is 11.4 Å². The van der Waals surface area contributed by atoms with Crippen molar-refractivity contribution in [3.63, 3.8) is 0 Å². The molecule has 3 N–H and O–H groups in total. The Balaban J connectivity index is 1.74. The summed E-state index contributed by atoms with van der Waals surface area (Å²) in [6.45, 7) is 0. The zero-order valence-corrected chi connectivity index (χ0v) is 16.9. The third-order valence-electron chi connectivity index (χ3n) is 4.70. The van der Waals surface area contributed by atoms with Gasteiger partial charge in [0.15, 0.2) is 10.9 Å². The zero-order chi connectivity index (χ0) is 19.9. The Bertz CT molecular complexity index is 817. The summed E-state index contributed by atoms with van der Waals surface area (Å²) in [5, 5.41) is 9.85. The molecule has 0 saturated heterocycles. The molecule has 0 bridgehead atoms. The summed E-state index contributed by atoms with van der Waals surface area (Å²) in [7, 11) is 3.09. The molecule has 0 spiro atoms. The number of furan rings is 1. The average Bonchev–Trinajstić information content (AvgIpc) is 3.24. The fraction of sp³-hybridized carbons (Fsp3) is 0.400. The Hall–Kier alpha value is -2.74. The maximum absolute atomic E-state index is 12.3. The Morgan fingerprint density at radius 3 is 2.29 bits per heavy atom. The molecule has 7 nitrogen and oxygen atoms in total. The van der Waals surface area contributed by atoms with Crippen molar-refractivity contribution in [1.82, 2.24) is 5.32 Å². The van der Waals surface area contributed by atoms with Crippen molar-refractivity contribution in [2.24, 2.45) is 0 Å². The van der Waals surface area contributed by atoms with Crippen LogP contribution in [0.15, 0.2) is 34.9 Å². The van der Waals surface area contributed by atoms with Crippen molar-refractivity contribution in [3.8, 4) is 11.5 Å². The van der Waals surface area contributed by atoms with E-state index in [0.29, 0.717) is 34.0 Å². The van der Waals surface area contributed by atoms with Crippen molar-refractivity contribution in [2.45, 2.75) is 38.1 Å². The number of rotatable bonds is 6. The summed E-state index contributed by atoms with van der Waals surface area (Å²) in [5.41, 5.74) is 1.13. The first-order valence-electron chi connectivity index (χ1n) is 9.29. The molecule has 0 aliphatic heterocycles. The van der Waals surface area contributed by atoms with Crippen molar-refractivity contribution in [3.05, 3.63) is 36.3 Å². The predicted molar refractivity (Wildman–Crippen MR) is 112 cm³/mol. The second-order valence-corrected chi connectivity index (χ2v) is 7.03. The number of anilines is 2. The van der Waals surface area contributed by atoms with Gasteiger partial charge in [0.05, 0.1) is 31.9 Å². The third kappa shape index (κ3) is 4.95. The van der Waals surface area contributed by atoms with Gasteiger partial charge >= 0.3 is 0 Å². The van der Waals surface area contributed by atoms with Gasteiger partial charge in [0.2, 0.25) is 0 Å². The highest BCUT2D eigenvalue weighted by atomic mass is 32.1. The maximum atomic E-state index is 12.3. The summed E-state index contributed by atoms with van der Waals surface area (Å²) in [4.78, 5) is 12.3. The SMILES string of the molecule is COc1cc(NC(=S)NC2CCCCC2)c(OC)cc1NC(=O)c1ccco1. The van der Waals surface area contributed by atoms with Gasteiger partial charge in [-0.3, -0.25) is 4.79 Å². The lowest BCUT2D eigenvalue weighted by Crippen LogP contribution is -2.38. The van der Waals surface area contributed by atoms with E-state index in [1.807, 2.05) is 0 Å². The molecular weight excluding hydrogens is 378 g/mol. The van der Waals surface area contributed by atoms with Gasteiger partial charge < -0.3 is 29.8 Å². The standard InChI is InChI=1S/C20H25N3O4S/c1-25-17-12-15(23-20(28)21-13-7-4-3-5-8-13)18(26-2)11-14(17)22-19(24)16-9-6-10-27-16/h6,9-13H,3-5,7-8H2,1-2H3,(H,22,24)(H2,21,23,28). The van der Waals surface area contributed by atoms with E-state index in [-0.39, 0.29) is 11.7 Å². The predicted octanol–water partition coefficient (Wildman–Crippen LogP) is 4.17. The number of methoxy groups -OCH3 is 2. The molecule has 1 aromatic heterocycles. The van der Waals surface area contributed by atoms with Gasteiger partial charge in [0.25, 0.3) is 5.91 Å². The Labute approximate surface area is 169 Å². The molecule has 0 radical (unpaired) electrons. The molecule has 1 amide bonds. The molecule has 1 aliphatic rings. The van der Waals surface area contributed by atoms with E-state index in [1.165, 1.54) is 32.6 Å². The number of nitrogens with one attached hydrogen (secondary N) is 3. The number of hydrogen-bond donors (Lipinski definition) is 3. The quantitative estimate of drug-likeness (QED) is 0.624. The van der Waals surface area contributed by atoms with E-state index in [0.717, 1.165) is 12.8 Å². The van der Waals surface area contributed by atoms with Crippen molar-refractivity contribution < 1.29 is 18.7 Å². The minimum atomic E-state index is -0.374. The lowest BCUT2D eigenvalue weighted by Gasteiger charge is -2.25. The second-order valence-electron chi connectivity index (χ2n) is 6.62. The fourth-order valence-electron chi connectivity index (χ4n) is 3.28. The summed E-state index contributed by atoms with van der Waals surface area (Å²) in [6.07, 6.45) is 7.43. The van der Waals surface area contributed by atoms with Gasteiger partial charge in [-0.2, -0.15) is 0 Å². The Morgan fingerprint density at radius 2 is 1.71 bits per heavy atom. The van der Waals surface area contributed by atoms with Crippen LogP contribution >= 0.6 is 12.2 Å². The lowest BCUT2D eigenvalue weighted by atomic mass is 9.96. The van der Waals surface area contributed by atoms with Crippen LogP contribution in [0.1, 0.15) is 42.7 Å². The highest BCUT2D eigenvalue weighted by Gasteiger charge is 2.18. The molecule has 3 rings (SSSR count). The van der Waals surface area contributed by atoms with E-state index >= 15 is 0 Å². The van der Waals surface area contributed by atoms with Gasteiger partial charge in [0, 0.05) is 18.2 Å². The normalized spacial score (nSPS) is 14.2. The molecule has 150 valence electrons. The number of ether oxygens (including phenoxy) is 2. The van der Waals surface area contributed by atoms with Crippen LogP contribution < -0.4 is 25.4 Å². The number of thiocarbonyl (C=S) groups is 1. The molecule has 8 heteroatoms. The first-order valence-corrected chi connectivity index (χ1v) is 9.70. The van der Waals surface area contributed by atoms with Crippen LogP contribution in [0.5, 0.6) is 11.5 Å². The molecule has 1 aliphatic carbocycles. The highest BCUT2D eigenvalue weighted by molar-refractivity contribution is 7.80. The average molecular weight is 404 g/mol. The first-order chi connectivity index (χ1) is 13.6. The molecule has 2 aromatic rings. The van der Waals surface area contributed by atoms with E-state index in [9.17, 15) is 4.79 Å². The van der Waals surface area contributed by atoms with E-state index in [2.05, 4.69) is 16.0 Å². The summed E-state index contributed by atoms with van der Waals surface area (Å²) in [6, 6.07) is 7.06. The molecular formula is C20H25N3O4S. The molecule has 0 unspecified atom stereocenters. The van der Waals surface area contributed by atoms with Crippen molar-refractivity contribution in [1.29, 1.82) is 0 Å². The van der Waals surface area contributed by atoms with Crippen LogP contribution in [0, 0.1) is 0 Å². The van der Waals surface area contributed by atoms with Gasteiger partial charge in [-0.1, -0.05) is 19.3 Å². The number of carbonyl (C=O) groups is 1. The van der Waals surface area contributed by atoms with Gasteiger partial charge in [-0.25, -0.2) is 0 Å². The first kappa shape index (κ1) is 20.0. The summed E-state index contributed by atoms with van der Waals surface area (Å²) < 4.78 is 16.0. The fourth-order valence-corrected chi connectivity index (χ4v) is 3.55. The smallest absolute Gasteiger partial charge is 0.291 e. The van der Waals surface area contributed by atoms with Crippen LogP contribution in [-0.2, 0) is 0 Å². The monoisotopic (exact) mass is 403 g/mol. The molecule has 0 atom stereocenters. The zero-order valence-electron chi connectivity index (χ0n) is 16.0. The molecule has 1 heterocycles. The van der Waals surface area contributed by atoms with E-state index < -0.39 is 0 Å². The largest absolute Gasteiger partial charge is 0.494 e. The minimum absolute atomic E-state index is 0.209. The number of amides is 1. The van der Waals surface area contributed by atoms with E-state index in [1.54, 1.807) is 31.4 Å². The third-order valence-corrected chi connectivity index (χ3v) is 4.92. The number of hydrogen-bond acceptors (Lipinski definition) is 5. The highest BCUT2D eigenvalue weighted by Crippen LogP contribution is 2.36. The van der Waals surface area contributed by atoms with Crippen LogP contribution in [-0.4, -0.2) is 31.3 Å². The minimum Gasteiger partial charge on any atom is -0.494 e. The van der Waals surface area contributed by atoms with Gasteiger partial charge in [-0.05, 0) is 37.2 Å². The van der Waals surface area contributed by atoms with E-state index in [4.69, 9.17) is 26.1 Å². The van der Waals surface area contributed by atoms with Crippen molar-refractivity contribution >= 4 is 34.6 Å². The van der Waals surface area contributed by atoms with Crippen molar-refractivity contribution in [2.75, 3.05) is 24.9 Å². The lowest BCUT2D eigenvalue weighted by molar-refractivity contribution is 0.0996. The van der Waals surface area contributed by atoms with Gasteiger partial charge in [0.1, 0.15) is 11.5 Å².